The van der Waals surface area contributed by atoms with Crippen LogP contribution >= 0.6 is 0 Å². The second-order valence-electron chi connectivity index (χ2n) is 5.90. The Morgan fingerprint density at radius 2 is 1.81 bits per heavy atom. The molecule has 0 aliphatic carbocycles. The first-order chi connectivity index (χ1) is 12.2. The normalized spacial score (nSPS) is 12.1. The first-order valence-corrected chi connectivity index (χ1v) is 9.12. The van der Waals surface area contributed by atoms with Gasteiger partial charge in [-0.05, 0) is 49.7 Å². The molecule has 0 atom stereocenters. The van der Waals surface area contributed by atoms with Gasteiger partial charge in [0.15, 0.2) is 5.69 Å². The number of hydrogen-bond donors (Lipinski definition) is 3. The van der Waals surface area contributed by atoms with Crippen molar-refractivity contribution in [1.29, 1.82) is 0 Å². The van der Waals surface area contributed by atoms with Crippen LogP contribution in [0.5, 0.6) is 5.88 Å². The van der Waals surface area contributed by atoms with Crippen molar-refractivity contribution in [2.45, 2.75) is 18.7 Å². The molecule has 4 N–H and O–H groups in total. The number of nitrogens with zero attached hydrogens (tertiary/aromatic N) is 2. The summed E-state index contributed by atoms with van der Waals surface area (Å²) in [5, 5.41) is 23.2. The van der Waals surface area contributed by atoms with Crippen LogP contribution in [-0.2, 0) is 10.0 Å². The molecule has 3 rings (SSSR count). The monoisotopic (exact) mass is 372 g/mol. The summed E-state index contributed by atoms with van der Waals surface area (Å²) in [5.74, 6) is -0.862. The third kappa shape index (κ3) is 3.35. The number of hydrogen-bond acceptors (Lipinski definition) is 5. The summed E-state index contributed by atoms with van der Waals surface area (Å²) in [6.07, 6.45) is 0. The van der Waals surface area contributed by atoms with E-state index in [-0.39, 0.29) is 22.0 Å². The highest BCUT2D eigenvalue weighted by atomic mass is 32.2. The van der Waals surface area contributed by atoms with Gasteiger partial charge < -0.3 is 10.1 Å². The lowest BCUT2D eigenvalue weighted by Gasteiger charge is -1.99. The summed E-state index contributed by atoms with van der Waals surface area (Å²) in [7, 11) is -3.83. The summed E-state index contributed by atoms with van der Waals surface area (Å²) in [6, 6.07) is 8.81. The molecule has 1 amide bonds. The number of aryl methyl sites for hydroxylation is 2. The highest BCUT2D eigenvalue weighted by molar-refractivity contribution is 7.89. The maximum Gasteiger partial charge on any atom is 0.295 e. The third-order valence-corrected chi connectivity index (χ3v) is 4.80. The van der Waals surface area contributed by atoms with Crippen molar-refractivity contribution in [3.8, 4) is 5.88 Å². The Labute approximate surface area is 149 Å². The van der Waals surface area contributed by atoms with E-state index >= 15 is 0 Å². The summed E-state index contributed by atoms with van der Waals surface area (Å²) in [4.78, 5) is 14.9. The van der Waals surface area contributed by atoms with E-state index in [0.717, 1.165) is 11.1 Å². The van der Waals surface area contributed by atoms with E-state index in [0.29, 0.717) is 10.9 Å². The molecule has 0 aliphatic rings. The number of nitrogens with one attached hydrogen (secondary N) is 1. The van der Waals surface area contributed by atoms with Crippen LogP contribution in [0.25, 0.3) is 10.9 Å². The number of H-pyrrole nitrogens is 1. The topological polar surface area (TPSA) is 138 Å². The Kier molecular flexibility index (Phi) is 4.34. The van der Waals surface area contributed by atoms with Crippen molar-refractivity contribution in [2.24, 2.45) is 15.4 Å². The van der Waals surface area contributed by atoms with Crippen molar-refractivity contribution in [2.75, 3.05) is 0 Å². The molecule has 0 saturated heterocycles. The molecule has 0 aliphatic heterocycles. The number of carbonyl (C=O) groups excluding carboxylic acids is 1. The number of amides is 1. The van der Waals surface area contributed by atoms with E-state index in [9.17, 15) is 18.3 Å². The van der Waals surface area contributed by atoms with E-state index in [2.05, 4.69) is 15.2 Å². The molecule has 0 unspecified atom stereocenters. The molecule has 0 fully saturated rings. The fourth-order valence-corrected chi connectivity index (χ4v) is 3.18. The molecule has 8 nitrogen and oxygen atoms in total. The number of primary sulfonamides is 1. The molecule has 0 spiro atoms. The van der Waals surface area contributed by atoms with Gasteiger partial charge in [-0.2, -0.15) is 0 Å². The van der Waals surface area contributed by atoms with Gasteiger partial charge in [0.05, 0.1) is 10.4 Å². The molecule has 1 heterocycles. The average molecular weight is 372 g/mol. The number of rotatable bonds is 3. The maximum atomic E-state index is 12.1. The highest BCUT2D eigenvalue weighted by Gasteiger charge is 2.14. The van der Waals surface area contributed by atoms with Crippen molar-refractivity contribution < 1.29 is 18.3 Å². The number of aromatic nitrogens is 1. The molecular weight excluding hydrogens is 356 g/mol. The zero-order valence-corrected chi connectivity index (χ0v) is 14.8. The zero-order valence-electron chi connectivity index (χ0n) is 14.0. The van der Waals surface area contributed by atoms with Crippen molar-refractivity contribution in [3.05, 3.63) is 53.1 Å². The van der Waals surface area contributed by atoms with Crippen LogP contribution in [-0.4, -0.2) is 24.4 Å². The molecule has 9 heteroatoms. The van der Waals surface area contributed by atoms with Crippen LogP contribution in [0.2, 0.25) is 0 Å². The molecule has 2 aromatic carbocycles. The van der Waals surface area contributed by atoms with E-state index in [4.69, 9.17) is 5.14 Å². The smallest absolute Gasteiger partial charge is 0.295 e. The summed E-state index contributed by atoms with van der Waals surface area (Å²) in [6.45, 7) is 3.81. The Hall–Kier alpha value is -3.04. The largest absolute Gasteiger partial charge is 0.493 e. The number of carbonyl (C=O) groups is 1. The van der Waals surface area contributed by atoms with Crippen LogP contribution in [0.3, 0.4) is 0 Å². The number of fused-ring (bicyclic) bond motifs is 1. The van der Waals surface area contributed by atoms with E-state index < -0.39 is 15.9 Å². The van der Waals surface area contributed by atoms with Crippen molar-refractivity contribution >= 4 is 32.5 Å². The number of aromatic amines is 1. The fourth-order valence-electron chi connectivity index (χ4n) is 2.67. The lowest BCUT2D eigenvalue weighted by atomic mass is 10.1. The Balaban J connectivity index is 1.94. The van der Waals surface area contributed by atoms with Crippen LogP contribution < -0.4 is 5.14 Å². The standard InChI is InChI=1S/C17H16N4O4S/c1-9-7-10(2)14-13(8-9)15(17(23)19-14)20-21-16(22)11-3-5-12(6-4-11)26(18,24)25/h3-8,19,23H,1-2H3,(H2,18,24,25). The van der Waals surface area contributed by atoms with Crippen LogP contribution in [0.1, 0.15) is 21.5 Å². The second-order valence-corrected chi connectivity index (χ2v) is 7.46. The summed E-state index contributed by atoms with van der Waals surface area (Å²) < 4.78 is 22.5. The van der Waals surface area contributed by atoms with Gasteiger partial charge in [-0.25, -0.2) is 13.6 Å². The van der Waals surface area contributed by atoms with Crippen LogP contribution in [0.4, 0.5) is 5.69 Å². The second kappa shape index (κ2) is 6.36. The van der Waals surface area contributed by atoms with E-state index in [1.807, 2.05) is 26.0 Å². The number of aromatic hydroxyl groups is 1. The number of sulfonamides is 1. The SMILES string of the molecule is Cc1cc(C)c2[nH]c(O)c(N=NC(=O)c3ccc(S(N)(=O)=O)cc3)c2c1. The van der Waals surface area contributed by atoms with Crippen molar-refractivity contribution in [1.82, 2.24) is 4.98 Å². The molecule has 0 saturated carbocycles. The fraction of sp³-hybridized carbons (Fsp3) is 0.118. The Morgan fingerprint density at radius 3 is 2.42 bits per heavy atom. The van der Waals surface area contributed by atoms with Crippen molar-refractivity contribution in [3.63, 3.8) is 0 Å². The first-order valence-electron chi connectivity index (χ1n) is 7.57. The maximum absolute atomic E-state index is 12.1. The van der Waals surface area contributed by atoms with Gasteiger partial charge >= 0.3 is 0 Å². The summed E-state index contributed by atoms with van der Waals surface area (Å²) >= 11 is 0. The zero-order chi connectivity index (χ0) is 19.1. The third-order valence-electron chi connectivity index (χ3n) is 3.87. The molecule has 134 valence electrons. The minimum atomic E-state index is -3.83. The molecule has 0 radical (unpaired) electrons. The van der Waals surface area contributed by atoms with Gasteiger partial charge in [-0.1, -0.05) is 11.6 Å². The quantitative estimate of drug-likeness (QED) is 0.608. The Morgan fingerprint density at radius 1 is 1.15 bits per heavy atom. The molecule has 3 aromatic rings. The Bertz CT molecular complexity index is 1150. The average Bonchev–Trinajstić information content (AvgIpc) is 2.88. The molecule has 26 heavy (non-hydrogen) atoms. The lowest BCUT2D eigenvalue weighted by Crippen LogP contribution is -2.12. The molecule has 1 aromatic heterocycles. The molecular formula is C17H16N4O4S. The van der Waals surface area contributed by atoms with Gasteiger partial charge in [0.1, 0.15) is 0 Å². The lowest BCUT2D eigenvalue weighted by molar-refractivity contribution is 0.0995. The van der Waals surface area contributed by atoms with Gasteiger partial charge in [0.2, 0.25) is 15.9 Å². The first kappa shape index (κ1) is 17.8. The van der Waals surface area contributed by atoms with Gasteiger partial charge in [-0.15, -0.1) is 10.2 Å². The minimum absolute atomic E-state index is 0.105. The number of azo groups is 1. The van der Waals surface area contributed by atoms with E-state index in [1.165, 1.54) is 24.3 Å². The van der Waals surface area contributed by atoms with Crippen LogP contribution in [0, 0.1) is 13.8 Å². The minimum Gasteiger partial charge on any atom is -0.493 e. The number of benzene rings is 2. The predicted molar refractivity (Wildman–Crippen MR) is 96.1 cm³/mol. The molecule has 0 bridgehead atoms. The van der Waals surface area contributed by atoms with Gasteiger partial charge in [0.25, 0.3) is 5.91 Å². The van der Waals surface area contributed by atoms with E-state index in [1.54, 1.807) is 0 Å². The van der Waals surface area contributed by atoms with Gasteiger partial charge in [-0.3, -0.25) is 4.79 Å². The summed E-state index contributed by atoms with van der Waals surface area (Å²) in [5.41, 5.74) is 2.94. The predicted octanol–water partition coefficient (Wildman–Crippen LogP) is 3.06. The van der Waals surface area contributed by atoms with Crippen LogP contribution in [0.15, 0.2) is 51.5 Å². The highest BCUT2D eigenvalue weighted by Crippen LogP contribution is 2.37. The number of nitrogens with two attached hydrogens (primary N) is 1. The van der Waals surface area contributed by atoms with Gasteiger partial charge in [0, 0.05) is 10.9 Å².